The Bertz CT molecular complexity index is 450. The maximum atomic E-state index is 13.0. The average molecular weight is 253 g/mol. The third kappa shape index (κ3) is 2.79. The first-order valence-electron chi connectivity index (χ1n) is 6.05. The molecule has 1 fully saturated rings. The minimum atomic E-state index is -0.581. The van der Waals surface area contributed by atoms with Crippen LogP contribution < -0.4 is 5.32 Å². The molecule has 0 aromatic heterocycles. The van der Waals surface area contributed by atoms with E-state index in [0.29, 0.717) is 12.8 Å². The van der Waals surface area contributed by atoms with Gasteiger partial charge in [0.2, 0.25) is 0 Å². The number of nitrogens with one attached hydrogen (secondary N) is 1. The van der Waals surface area contributed by atoms with Crippen molar-refractivity contribution in [2.45, 2.75) is 37.8 Å². The standard InChI is InChI=1S/C13H16FNO3/c14-8-5-6-11(16)9(7-8)13(18)15-10-3-1-2-4-12(10)17/h5-7,10,12,16-17H,1-4H2,(H,15,18). The lowest BCUT2D eigenvalue weighted by molar-refractivity contribution is 0.0715. The van der Waals surface area contributed by atoms with E-state index in [9.17, 15) is 19.4 Å². The van der Waals surface area contributed by atoms with Crippen molar-refractivity contribution in [1.82, 2.24) is 5.32 Å². The van der Waals surface area contributed by atoms with Gasteiger partial charge in [0.1, 0.15) is 11.6 Å². The van der Waals surface area contributed by atoms with E-state index in [2.05, 4.69) is 5.32 Å². The molecule has 2 unspecified atom stereocenters. The Balaban J connectivity index is 2.09. The quantitative estimate of drug-likeness (QED) is 0.749. The van der Waals surface area contributed by atoms with Crippen molar-refractivity contribution in [1.29, 1.82) is 0 Å². The summed E-state index contributed by atoms with van der Waals surface area (Å²) in [6, 6.07) is 2.89. The Morgan fingerprint density at radius 1 is 1.33 bits per heavy atom. The SMILES string of the molecule is O=C(NC1CCCCC1O)c1cc(F)ccc1O. The molecule has 1 saturated carbocycles. The fourth-order valence-electron chi connectivity index (χ4n) is 2.22. The number of halogens is 1. The molecule has 1 aromatic carbocycles. The molecule has 2 rings (SSSR count). The van der Waals surface area contributed by atoms with Crippen LogP contribution in [0.5, 0.6) is 5.75 Å². The lowest BCUT2D eigenvalue weighted by atomic mass is 9.92. The van der Waals surface area contributed by atoms with E-state index in [1.54, 1.807) is 0 Å². The second kappa shape index (κ2) is 5.35. The number of aliphatic hydroxyl groups excluding tert-OH is 1. The Hall–Kier alpha value is -1.62. The number of aliphatic hydroxyl groups is 1. The predicted octanol–water partition coefficient (Wildman–Crippen LogP) is 1.56. The second-order valence-electron chi connectivity index (χ2n) is 4.59. The lowest BCUT2D eigenvalue weighted by Gasteiger charge is -2.28. The average Bonchev–Trinajstić information content (AvgIpc) is 2.35. The number of hydrogen-bond donors (Lipinski definition) is 3. The van der Waals surface area contributed by atoms with E-state index in [1.165, 1.54) is 0 Å². The van der Waals surface area contributed by atoms with Crippen LogP contribution in [0.15, 0.2) is 18.2 Å². The second-order valence-corrected chi connectivity index (χ2v) is 4.59. The van der Waals surface area contributed by atoms with Crippen molar-refractivity contribution in [3.05, 3.63) is 29.6 Å². The van der Waals surface area contributed by atoms with Crippen LogP contribution >= 0.6 is 0 Å². The van der Waals surface area contributed by atoms with Gasteiger partial charge in [-0.3, -0.25) is 4.79 Å². The van der Waals surface area contributed by atoms with Gasteiger partial charge >= 0.3 is 0 Å². The maximum absolute atomic E-state index is 13.0. The van der Waals surface area contributed by atoms with Gasteiger partial charge < -0.3 is 15.5 Å². The molecule has 4 nitrogen and oxygen atoms in total. The van der Waals surface area contributed by atoms with Crippen molar-refractivity contribution in [3.63, 3.8) is 0 Å². The topological polar surface area (TPSA) is 69.6 Å². The zero-order chi connectivity index (χ0) is 13.1. The predicted molar refractivity (Wildman–Crippen MR) is 63.8 cm³/mol. The Morgan fingerprint density at radius 3 is 2.78 bits per heavy atom. The normalized spacial score (nSPS) is 23.7. The third-order valence-electron chi connectivity index (χ3n) is 3.25. The minimum Gasteiger partial charge on any atom is -0.507 e. The first kappa shape index (κ1) is 12.8. The van der Waals surface area contributed by atoms with Gasteiger partial charge in [0.15, 0.2) is 0 Å². The molecule has 1 amide bonds. The van der Waals surface area contributed by atoms with E-state index in [4.69, 9.17) is 0 Å². The highest BCUT2D eigenvalue weighted by atomic mass is 19.1. The van der Waals surface area contributed by atoms with Crippen LogP contribution in [0.1, 0.15) is 36.0 Å². The molecule has 0 heterocycles. The van der Waals surface area contributed by atoms with Gasteiger partial charge in [-0.05, 0) is 31.0 Å². The highest BCUT2D eigenvalue weighted by molar-refractivity contribution is 5.97. The molecule has 1 aromatic rings. The van der Waals surface area contributed by atoms with Crippen LogP contribution in [0, 0.1) is 5.82 Å². The Kier molecular flexibility index (Phi) is 3.81. The summed E-state index contributed by atoms with van der Waals surface area (Å²) in [5.74, 6) is -1.40. The summed E-state index contributed by atoms with van der Waals surface area (Å²) in [7, 11) is 0. The fourth-order valence-corrected chi connectivity index (χ4v) is 2.22. The first-order chi connectivity index (χ1) is 8.58. The number of phenolic OH excluding ortho intramolecular Hbond substituents is 1. The highest BCUT2D eigenvalue weighted by Crippen LogP contribution is 2.21. The Labute approximate surface area is 104 Å². The van der Waals surface area contributed by atoms with Crippen molar-refractivity contribution in [2.24, 2.45) is 0 Å². The van der Waals surface area contributed by atoms with Crippen molar-refractivity contribution in [3.8, 4) is 5.75 Å². The van der Waals surface area contributed by atoms with E-state index in [1.807, 2.05) is 0 Å². The number of carbonyl (C=O) groups is 1. The monoisotopic (exact) mass is 253 g/mol. The molecule has 0 saturated heterocycles. The lowest BCUT2D eigenvalue weighted by Crippen LogP contribution is -2.45. The van der Waals surface area contributed by atoms with Crippen LogP contribution in [0.2, 0.25) is 0 Å². The molecular formula is C13H16FNO3. The van der Waals surface area contributed by atoms with Gasteiger partial charge in [0.05, 0.1) is 17.7 Å². The number of hydrogen-bond acceptors (Lipinski definition) is 3. The summed E-state index contributed by atoms with van der Waals surface area (Å²) in [6.45, 7) is 0. The fraction of sp³-hybridized carbons (Fsp3) is 0.462. The van der Waals surface area contributed by atoms with Crippen LogP contribution in [0.3, 0.4) is 0 Å². The Morgan fingerprint density at radius 2 is 2.06 bits per heavy atom. The molecular weight excluding hydrogens is 237 g/mol. The van der Waals surface area contributed by atoms with Crippen molar-refractivity contribution >= 4 is 5.91 Å². The summed E-state index contributed by atoms with van der Waals surface area (Å²) in [4.78, 5) is 11.9. The zero-order valence-corrected chi connectivity index (χ0v) is 9.90. The van der Waals surface area contributed by atoms with Crippen LogP contribution in [-0.4, -0.2) is 28.3 Å². The largest absolute Gasteiger partial charge is 0.507 e. The van der Waals surface area contributed by atoms with E-state index in [-0.39, 0.29) is 17.4 Å². The zero-order valence-electron chi connectivity index (χ0n) is 9.90. The van der Waals surface area contributed by atoms with E-state index < -0.39 is 17.8 Å². The van der Waals surface area contributed by atoms with Gasteiger partial charge in [-0.25, -0.2) is 4.39 Å². The van der Waals surface area contributed by atoms with Crippen molar-refractivity contribution in [2.75, 3.05) is 0 Å². The summed E-state index contributed by atoms with van der Waals surface area (Å²) in [5.41, 5.74) is -0.104. The number of benzene rings is 1. The van der Waals surface area contributed by atoms with Gasteiger partial charge in [-0.15, -0.1) is 0 Å². The summed E-state index contributed by atoms with van der Waals surface area (Å²) in [6.07, 6.45) is 2.66. The van der Waals surface area contributed by atoms with E-state index in [0.717, 1.165) is 31.0 Å². The van der Waals surface area contributed by atoms with Crippen molar-refractivity contribution < 1.29 is 19.4 Å². The minimum absolute atomic E-state index is 0.104. The number of rotatable bonds is 2. The van der Waals surface area contributed by atoms with Gasteiger partial charge in [0, 0.05) is 0 Å². The molecule has 1 aliphatic rings. The van der Waals surface area contributed by atoms with Gasteiger partial charge in [0.25, 0.3) is 5.91 Å². The molecule has 18 heavy (non-hydrogen) atoms. The number of aromatic hydroxyl groups is 1. The summed E-state index contributed by atoms with van der Waals surface area (Å²) in [5, 5.41) is 21.9. The maximum Gasteiger partial charge on any atom is 0.255 e. The molecule has 3 N–H and O–H groups in total. The third-order valence-corrected chi connectivity index (χ3v) is 3.25. The molecule has 0 bridgehead atoms. The molecule has 2 atom stereocenters. The number of phenols is 1. The molecule has 1 aliphatic carbocycles. The number of carbonyl (C=O) groups excluding carboxylic acids is 1. The van der Waals surface area contributed by atoms with Crippen LogP contribution in [0.25, 0.3) is 0 Å². The summed E-state index contributed by atoms with van der Waals surface area (Å²) >= 11 is 0. The van der Waals surface area contributed by atoms with Gasteiger partial charge in [-0.1, -0.05) is 12.8 Å². The molecule has 0 spiro atoms. The van der Waals surface area contributed by atoms with E-state index >= 15 is 0 Å². The molecule has 0 radical (unpaired) electrons. The highest BCUT2D eigenvalue weighted by Gasteiger charge is 2.25. The van der Waals surface area contributed by atoms with Gasteiger partial charge in [-0.2, -0.15) is 0 Å². The molecule has 98 valence electrons. The first-order valence-corrected chi connectivity index (χ1v) is 6.05. The molecule has 0 aliphatic heterocycles. The smallest absolute Gasteiger partial charge is 0.255 e. The van der Waals surface area contributed by atoms with Crippen LogP contribution in [-0.2, 0) is 0 Å². The number of amides is 1. The molecule has 5 heteroatoms. The van der Waals surface area contributed by atoms with Crippen LogP contribution in [0.4, 0.5) is 4.39 Å². The summed E-state index contributed by atoms with van der Waals surface area (Å²) < 4.78 is 13.0.